The molecule has 1 aromatic rings. The van der Waals surface area contributed by atoms with Crippen LogP contribution in [0.25, 0.3) is 0 Å². The minimum absolute atomic E-state index is 0.159. The van der Waals surface area contributed by atoms with E-state index in [1.807, 2.05) is 0 Å². The van der Waals surface area contributed by atoms with Crippen LogP contribution in [-0.2, 0) is 6.42 Å². The third-order valence-corrected chi connectivity index (χ3v) is 5.25. The molecule has 0 spiro atoms. The van der Waals surface area contributed by atoms with Crippen molar-refractivity contribution < 1.29 is 4.39 Å². The van der Waals surface area contributed by atoms with E-state index in [1.54, 1.807) is 12.1 Å². The van der Waals surface area contributed by atoms with Gasteiger partial charge in [-0.15, -0.1) is 0 Å². The molecule has 0 aromatic heterocycles. The van der Waals surface area contributed by atoms with Gasteiger partial charge >= 0.3 is 0 Å². The first-order valence-corrected chi connectivity index (χ1v) is 8.49. The van der Waals surface area contributed by atoms with Crippen LogP contribution in [0.3, 0.4) is 0 Å². The van der Waals surface area contributed by atoms with Gasteiger partial charge in [-0.2, -0.15) is 0 Å². The maximum absolute atomic E-state index is 14.0. The summed E-state index contributed by atoms with van der Waals surface area (Å²) in [6, 6.07) is 5.44. The van der Waals surface area contributed by atoms with Gasteiger partial charge in [0.2, 0.25) is 0 Å². The molecule has 4 heteroatoms. The average Bonchev–Trinajstić information content (AvgIpc) is 2.91. The van der Waals surface area contributed by atoms with E-state index >= 15 is 0 Å². The third kappa shape index (κ3) is 3.77. The molecule has 2 aliphatic rings. The first-order valence-electron chi connectivity index (χ1n) is 8.11. The summed E-state index contributed by atoms with van der Waals surface area (Å²) in [7, 11) is 0. The van der Waals surface area contributed by atoms with E-state index in [0.29, 0.717) is 16.6 Å². The van der Waals surface area contributed by atoms with Crippen molar-refractivity contribution in [1.82, 2.24) is 10.2 Å². The molecule has 2 unspecified atom stereocenters. The van der Waals surface area contributed by atoms with Gasteiger partial charge in [0, 0.05) is 23.2 Å². The fraction of sp³-hybridized carbons (Fsp3) is 0.647. The van der Waals surface area contributed by atoms with Crippen LogP contribution in [0, 0.1) is 11.7 Å². The summed E-state index contributed by atoms with van der Waals surface area (Å²) >= 11 is 6.18. The Hall–Kier alpha value is -0.640. The van der Waals surface area contributed by atoms with Crippen LogP contribution in [0.1, 0.15) is 31.2 Å². The smallest absolute Gasteiger partial charge is 0.127 e. The lowest BCUT2D eigenvalue weighted by Crippen LogP contribution is -2.41. The molecule has 1 aromatic carbocycles. The van der Waals surface area contributed by atoms with Crippen LogP contribution < -0.4 is 5.32 Å². The highest BCUT2D eigenvalue weighted by molar-refractivity contribution is 6.31. The van der Waals surface area contributed by atoms with Crippen molar-refractivity contribution in [1.29, 1.82) is 0 Å². The van der Waals surface area contributed by atoms with E-state index in [9.17, 15) is 4.39 Å². The van der Waals surface area contributed by atoms with Gasteiger partial charge in [0.05, 0.1) is 0 Å². The summed E-state index contributed by atoms with van der Waals surface area (Å²) in [5.41, 5.74) is 0.692. The molecule has 0 bridgehead atoms. The topological polar surface area (TPSA) is 15.3 Å². The molecule has 2 aliphatic heterocycles. The Labute approximate surface area is 131 Å². The first kappa shape index (κ1) is 15.3. The highest BCUT2D eigenvalue weighted by Gasteiger charge is 2.28. The second-order valence-electron chi connectivity index (χ2n) is 6.41. The highest BCUT2D eigenvalue weighted by atomic mass is 35.5. The molecular formula is C17H24ClFN2. The highest BCUT2D eigenvalue weighted by Crippen LogP contribution is 2.28. The molecule has 0 saturated carbocycles. The molecule has 0 amide bonds. The van der Waals surface area contributed by atoms with Gasteiger partial charge in [-0.05, 0) is 69.8 Å². The fourth-order valence-corrected chi connectivity index (χ4v) is 3.98. The van der Waals surface area contributed by atoms with Crippen molar-refractivity contribution in [3.63, 3.8) is 0 Å². The van der Waals surface area contributed by atoms with Crippen molar-refractivity contribution in [2.75, 3.05) is 26.2 Å². The predicted octanol–water partition coefficient (Wildman–Crippen LogP) is 3.49. The standard InChI is InChI=1S/C17H24ClFN2/c18-16-6-1-7-17(19)15(16)10-14-5-3-9-21(14)12-13-4-2-8-20-11-13/h1,6-7,13-14,20H,2-5,8-12H2. The Morgan fingerprint density at radius 1 is 1.29 bits per heavy atom. The van der Waals surface area contributed by atoms with E-state index in [-0.39, 0.29) is 5.82 Å². The molecule has 2 nitrogen and oxygen atoms in total. The van der Waals surface area contributed by atoms with E-state index in [2.05, 4.69) is 10.2 Å². The maximum Gasteiger partial charge on any atom is 0.127 e. The molecule has 2 heterocycles. The van der Waals surface area contributed by atoms with Gasteiger partial charge in [0.25, 0.3) is 0 Å². The van der Waals surface area contributed by atoms with Crippen LogP contribution in [0.5, 0.6) is 0 Å². The van der Waals surface area contributed by atoms with Gasteiger partial charge in [-0.3, -0.25) is 4.90 Å². The molecule has 0 radical (unpaired) electrons. The Balaban J connectivity index is 1.63. The number of piperidine rings is 1. The molecule has 0 aliphatic carbocycles. The molecule has 21 heavy (non-hydrogen) atoms. The lowest BCUT2D eigenvalue weighted by atomic mass is 9.97. The normalized spacial score (nSPS) is 27.1. The zero-order chi connectivity index (χ0) is 14.7. The van der Waals surface area contributed by atoms with Gasteiger partial charge in [0.15, 0.2) is 0 Å². The van der Waals surface area contributed by atoms with E-state index in [4.69, 9.17) is 11.6 Å². The number of halogens is 2. The van der Waals surface area contributed by atoms with Crippen LogP contribution in [0.2, 0.25) is 5.02 Å². The Morgan fingerprint density at radius 3 is 2.95 bits per heavy atom. The quantitative estimate of drug-likeness (QED) is 0.916. The zero-order valence-corrected chi connectivity index (χ0v) is 13.2. The largest absolute Gasteiger partial charge is 0.316 e. The second-order valence-corrected chi connectivity index (χ2v) is 6.81. The minimum Gasteiger partial charge on any atom is -0.316 e. The van der Waals surface area contributed by atoms with Crippen LogP contribution in [0.15, 0.2) is 18.2 Å². The number of likely N-dealkylation sites (tertiary alicyclic amines) is 1. The molecule has 116 valence electrons. The van der Waals surface area contributed by atoms with E-state index in [0.717, 1.165) is 44.9 Å². The van der Waals surface area contributed by atoms with Gasteiger partial charge < -0.3 is 5.32 Å². The summed E-state index contributed by atoms with van der Waals surface area (Å²) in [5, 5.41) is 4.05. The number of hydrogen-bond donors (Lipinski definition) is 1. The molecule has 2 saturated heterocycles. The van der Waals surface area contributed by atoms with Gasteiger partial charge in [-0.25, -0.2) is 4.39 Å². The predicted molar refractivity (Wildman–Crippen MR) is 85.3 cm³/mol. The molecule has 3 rings (SSSR count). The van der Waals surface area contributed by atoms with Crippen molar-refractivity contribution in [2.24, 2.45) is 5.92 Å². The van der Waals surface area contributed by atoms with Gasteiger partial charge in [0.1, 0.15) is 5.82 Å². The SMILES string of the molecule is Fc1cccc(Cl)c1CC1CCCN1CC1CCCNC1. The summed E-state index contributed by atoms with van der Waals surface area (Å²) in [6.07, 6.45) is 5.71. The molecule has 2 fully saturated rings. The van der Waals surface area contributed by atoms with Crippen molar-refractivity contribution in [3.8, 4) is 0 Å². The first-order chi connectivity index (χ1) is 10.2. The second kappa shape index (κ2) is 7.08. The summed E-state index contributed by atoms with van der Waals surface area (Å²) in [4.78, 5) is 2.56. The Kier molecular flexibility index (Phi) is 5.15. The lowest BCUT2D eigenvalue weighted by Gasteiger charge is -2.31. The number of hydrogen-bond acceptors (Lipinski definition) is 2. The summed E-state index contributed by atoms with van der Waals surface area (Å²) in [5.74, 6) is 0.587. The maximum atomic E-state index is 14.0. The minimum atomic E-state index is -0.159. The Bertz CT molecular complexity index is 454. The summed E-state index contributed by atoms with van der Waals surface area (Å²) in [6.45, 7) is 4.57. The van der Waals surface area contributed by atoms with Gasteiger partial charge in [-0.1, -0.05) is 17.7 Å². The number of rotatable bonds is 4. The zero-order valence-electron chi connectivity index (χ0n) is 12.5. The number of nitrogens with zero attached hydrogens (tertiary/aromatic N) is 1. The molecular weight excluding hydrogens is 287 g/mol. The lowest BCUT2D eigenvalue weighted by molar-refractivity contribution is 0.193. The number of benzene rings is 1. The van der Waals surface area contributed by atoms with E-state index in [1.165, 1.54) is 25.3 Å². The van der Waals surface area contributed by atoms with Crippen LogP contribution in [0.4, 0.5) is 4.39 Å². The fourth-order valence-electron chi connectivity index (χ4n) is 3.74. The molecule has 1 N–H and O–H groups in total. The Morgan fingerprint density at radius 2 is 2.19 bits per heavy atom. The van der Waals surface area contributed by atoms with Crippen LogP contribution in [-0.4, -0.2) is 37.1 Å². The third-order valence-electron chi connectivity index (χ3n) is 4.89. The van der Waals surface area contributed by atoms with Crippen molar-refractivity contribution in [3.05, 3.63) is 34.6 Å². The molecule has 2 atom stereocenters. The summed E-state index contributed by atoms with van der Waals surface area (Å²) < 4.78 is 14.0. The monoisotopic (exact) mass is 310 g/mol. The van der Waals surface area contributed by atoms with E-state index < -0.39 is 0 Å². The van der Waals surface area contributed by atoms with Crippen LogP contribution >= 0.6 is 11.6 Å². The number of nitrogens with one attached hydrogen (secondary N) is 1. The van der Waals surface area contributed by atoms with Crippen molar-refractivity contribution in [2.45, 2.75) is 38.1 Å². The average molecular weight is 311 g/mol. The van der Waals surface area contributed by atoms with Crippen molar-refractivity contribution >= 4 is 11.6 Å².